The van der Waals surface area contributed by atoms with E-state index >= 15 is 0 Å². The number of aryl methyl sites for hydroxylation is 1. The zero-order valence-electron chi connectivity index (χ0n) is 19.3. The highest BCUT2D eigenvalue weighted by Crippen LogP contribution is 2.33. The molecule has 184 valence electrons. The molecule has 0 aliphatic carbocycles. The Morgan fingerprint density at radius 1 is 1.29 bits per heavy atom. The first-order valence-electron chi connectivity index (χ1n) is 10.8. The number of amides is 1. The van der Waals surface area contributed by atoms with Crippen molar-refractivity contribution < 1.29 is 18.3 Å². The van der Waals surface area contributed by atoms with Gasteiger partial charge in [-0.25, -0.2) is 13.8 Å². The lowest BCUT2D eigenvalue weighted by atomic mass is 10.2. The summed E-state index contributed by atoms with van der Waals surface area (Å²) in [5.74, 6) is 0.451. The van der Waals surface area contributed by atoms with Crippen LogP contribution in [0.5, 0.6) is 0 Å². The highest BCUT2D eigenvalue weighted by molar-refractivity contribution is 7.97. The van der Waals surface area contributed by atoms with Gasteiger partial charge >= 0.3 is 0 Å². The van der Waals surface area contributed by atoms with Gasteiger partial charge < -0.3 is 9.64 Å². The molecule has 1 N–H and O–H groups in total. The lowest BCUT2D eigenvalue weighted by Crippen LogP contribution is -2.20. The monoisotopic (exact) mass is 517 g/mol. The number of methoxy groups -OCH3 is 1. The average molecular weight is 518 g/mol. The molecule has 0 bridgehead atoms. The summed E-state index contributed by atoms with van der Waals surface area (Å²) in [4.78, 5) is 24.1. The fourth-order valence-corrected chi connectivity index (χ4v) is 4.66. The zero-order chi connectivity index (χ0) is 25.2. The number of thiazole rings is 1. The fraction of sp³-hybridized carbons (Fsp3) is 0.333. The standard InChI is InChI=1S/C24H25F2N5O2S2/c1-16-22(23(32)30-34-11-3-10-33-2)29-24(35-16)31(20-8-5-17(13-27)6-9-20)15-18-4-7-19(28-14-18)12-21(25)26/h4-9,14,21H,3,10-12,15H2,1-2H3,(H,30,32). The number of nitriles is 1. The molecule has 0 fully saturated rings. The number of halogens is 2. The number of carbonyl (C=O) groups excluding carboxylic acids is 1. The summed E-state index contributed by atoms with van der Waals surface area (Å²) in [6.07, 6.45) is -0.462. The molecule has 3 rings (SSSR count). The van der Waals surface area contributed by atoms with Crippen LogP contribution in [0.4, 0.5) is 19.6 Å². The van der Waals surface area contributed by atoms with E-state index in [1.165, 1.54) is 23.3 Å². The third kappa shape index (κ3) is 7.71. The van der Waals surface area contributed by atoms with Gasteiger partial charge in [-0.3, -0.25) is 14.5 Å². The Bertz CT molecular complexity index is 1150. The van der Waals surface area contributed by atoms with Crippen LogP contribution in [0.15, 0.2) is 42.6 Å². The first-order valence-corrected chi connectivity index (χ1v) is 12.6. The smallest absolute Gasteiger partial charge is 0.280 e. The molecular weight excluding hydrogens is 492 g/mol. The van der Waals surface area contributed by atoms with E-state index in [1.807, 2.05) is 11.8 Å². The van der Waals surface area contributed by atoms with Crippen LogP contribution >= 0.6 is 23.3 Å². The molecule has 0 saturated carbocycles. The second-order valence-corrected chi connectivity index (χ2v) is 9.61. The molecule has 0 radical (unpaired) electrons. The minimum atomic E-state index is -2.45. The number of rotatable bonds is 12. The van der Waals surface area contributed by atoms with E-state index in [9.17, 15) is 13.6 Å². The molecule has 1 aromatic carbocycles. The van der Waals surface area contributed by atoms with Gasteiger partial charge in [0.15, 0.2) is 5.13 Å². The SMILES string of the molecule is COCCCSNC(=O)c1nc(N(Cc2ccc(CC(F)F)nc2)c2ccc(C#N)cc2)sc1C. The van der Waals surface area contributed by atoms with Gasteiger partial charge in [0.05, 0.1) is 24.6 Å². The maximum Gasteiger partial charge on any atom is 0.280 e. The van der Waals surface area contributed by atoms with E-state index in [0.717, 1.165) is 28.3 Å². The number of aromatic nitrogens is 2. The van der Waals surface area contributed by atoms with Crippen molar-refractivity contribution in [3.63, 3.8) is 0 Å². The largest absolute Gasteiger partial charge is 0.385 e. The van der Waals surface area contributed by atoms with Crippen LogP contribution in [-0.2, 0) is 17.7 Å². The van der Waals surface area contributed by atoms with Gasteiger partial charge in [-0.05, 0) is 49.2 Å². The van der Waals surface area contributed by atoms with Crippen molar-refractivity contribution in [2.75, 3.05) is 24.4 Å². The van der Waals surface area contributed by atoms with E-state index in [-0.39, 0.29) is 5.91 Å². The highest BCUT2D eigenvalue weighted by Gasteiger charge is 2.21. The Balaban J connectivity index is 1.83. The van der Waals surface area contributed by atoms with Gasteiger partial charge in [0.1, 0.15) is 5.69 Å². The van der Waals surface area contributed by atoms with Gasteiger partial charge in [-0.1, -0.05) is 18.0 Å². The number of carbonyl (C=O) groups is 1. The van der Waals surface area contributed by atoms with Crippen LogP contribution in [-0.4, -0.2) is 41.8 Å². The van der Waals surface area contributed by atoms with Crippen LogP contribution in [0, 0.1) is 18.3 Å². The van der Waals surface area contributed by atoms with Crippen LogP contribution < -0.4 is 9.62 Å². The van der Waals surface area contributed by atoms with Crippen molar-refractivity contribution in [2.24, 2.45) is 0 Å². The summed E-state index contributed by atoms with van der Waals surface area (Å²) in [6, 6.07) is 12.5. The Kier molecular flexibility index (Phi) is 9.96. The number of hydrogen-bond acceptors (Lipinski definition) is 8. The van der Waals surface area contributed by atoms with Gasteiger partial charge in [-0.2, -0.15) is 5.26 Å². The molecule has 35 heavy (non-hydrogen) atoms. The van der Waals surface area contributed by atoms with Crippen molar-refractivity contribution in [1.82, 2.24) is 14.7 Å². The molecule has 7 nitrogen and oxygen atoms in total. The molecule has 0 spiro atoms. The van der Waals surface area contributed by atoms with Crippen molar-refractivity contribution >= 4 is 40.0 Å². The topological polar surface area (TPSA) is 91.1 Å². The van der Waals surface area contributed by atoms with E-state index in [2.05, 4.69) is 20.8 Å². The summed E-state index contributed by atoms with van der Waals surface area (Å²) in [7, 11) is 1.64. The van der Waals surface area contributed by atoms with Gasteiger partial charge in [0.25, 0.3) is 5.91 Å². The quantitative estimate of drug-likeness (QED) is 0.258. The first-order chi connectivity index (χ1) is 16.9. The third-order valence-electron chi connectivity index (χ3n) is 4.89. The number of nitrogens with zero attached hydrogens (tertiary/aromatic N) is 4. The number of benzene rings is 1. The van der Waals surface area contributed by atoms with Gasteiger partial charge in [-0.15, -0.1) is 11.3 Å². The molecule has 3 aromatic rings. The number of hydrogen-bond donors (Lipinski definition) is 1. The van der Waals surface area contributed by atoms with E-state index in [4.69, 9.17) is 10.00 Å². The van der Waals surface area contributed by atoms with Crippen molar-refractivity contribution in [3.05, 3.63) is 70.0 Å². The predicted octanol–water partition coefficient (Wildman–Crippen LogP) is 5.28. The minimum Gasteiger partial charge on any atom is -0.385 e. The van der Waals surface area contributed by atoms with Crippen LogP contribution in [0.25, 0.3) is 0 Å². The maximum absolute atomic E-state index is 12.7. The Morgan fingerprint density at radius 2 is 2.06 bits per heavy atom. The summed E-state index contributed by atoms with van der Waals surface area (Å²) in [5.41, 5.74) is 2.75. The summed E-state index contributed by atoms with van der Waals surface area (Å²) < 4.78 is 33.1. The molecule has 2 heterocycles. The second-order valence-electron chi connectivity index (χ2n) is 7.53. The number of pyridine rings is 1. The molecule has 2 aromatic heterocycles. The van der Waals surface area contributed by atoms with Crippen molar-refractivity contribution in [2.45, 2.75) is 32.7 Å². The van der Waals surface area contributed by atoms with Gasteiger partial charge in [0.2, 0.25) is 6.43 Å². The van der Waals surface area contributed by atoms with E-state index in [0.29, 0.717) is 35.2 Å². The lowest BCUT2D eigenvalue weighted by molar-refractivity contribution is 0.0979. The number of nitrogens with one attached hydrogen (secondary N) is 1. The van der Waals surface area contributed by atoms with Crippen LogP contribution in [0.1, 0.15) is 38.6 Å². The molecule has 0 unspecified atom stereocenters. The van der Waals surface area contributed by atoms with Crippen LogP contribution in [0.2, 0.25) is 0 Å². The average Bonchev–Trinajstić information content (AvgIpc) is 3.24. The number of anilines is 2. The summed E-state index contributed by atoms with van der Waals surface area (Å²) >= 11 is 2.68. The normalized spacial score (nSPS) is 10.9. The molecule has 1 amide bonds. The summed E-state index contributed by atoms with van der Waals surface area (Å²) in [5, 5.41) is 9.73. The lowest BCUT2D eigenvalue weighted by Gasteiger charge is -2.22. The Hall–Kier alpha value is -3.07. The molecular formula is C24H25F2N5O2S2. The predicted molar refractivity (Wildman–Crippen MR) is 134 cm³/mol. The molecule has 0 atom stereocenters. The van der Waals surface area contributed by atoms with Crippen LogP contribution in [0.3, 0.4) is 0 Å². The van der Waals surface area contributed by atoms with Crippen molar-refractivity contribution in [3.8, 4) is 6.07 Å². The van der Waals surface area contributed by atoms with Crippen molar-refractivity contribution in [1.29, 1.82) is 5.26 Å². The number of ether oxygens (including phenoxy) is 1. The van der Waals surface area contributed by atoms with Gasteiger partial charge in [0, 0.05) is 41.9 Å². The molecule has 0 aliphatic rings. The fourth-order valence-electron chi connectivity index (χ4n) is 3.14. The molecule has 0 aliphatic heterocycles. The Morgan fingerprint density at radius 3 is 2.69 bits per heavy atom. The summed E-state index contributed by atoms with van der Waals surface area (Å²) in [6.45, 7) is 2.82. The zero-order valence-corrected chi connectivity index (χ0v) is 21.0. The number of alkyl halides is 2. The molecule has 11 heteroatoms. The van der Waals surface area contributed by atoms with E-state index < -0.39 is 12.8 Å². The molecule has 0 saturated heterocycles. The minimum absolute atomic E-state index is 0.273. The highest BCUT2D eigenvalue weighted by atomic mass is 32.2. The van der Waals surface area contributed by atoms with E-state index in [1.54, 1.807) is 49.7 Å². The Labute approximate surface area is 211 Å². The second kappa shape index (κ2) is 13.1. The first kappa shape index (κ1) is 26.5. The third-order valence-corrected chi connectivity index (χ3v) is 6.71. The maximum atomic E-state index is 12.7.